The second-order valence-electron chi connectivity index (χ2n) is 7.74. The van der Waals surface area contributed by atoms with Crippen molar-refractivity contribution in [1.29, 1.82) is 0 Å². The second-order valence-corrected chi connectivity index (χ2v) is 8.77. The van der Waals surface area contributed by atoms with Gasteiger partial charge in [-0.15, -0.1) is 11.3 Å². The Morgan fingerprint density at radius 3 is 2.77 bits per heavy atom. The van der Waals surface area contributed by atoms with Gasteiger partial charge in [0.2, 0.25) is 11.8 Å². The molecule has 0 aliphatic carbocycles. The minimum absolute atomic E-state index is 0.172. The van der Waals surface area contributed by atoms with Crippen molar-refractivity contribution in [2.24, 2.45) is 11.8 Å². The smallest absolute Gasteiger partial charge is 0.230 e. The van der Waals surface area contributed by atoms with Gasteiger partial charge in [-0.05, 0) is 11.4 Å². The Morgan fingerprint density at radius 2 is 2.07 bits per heavy atom. The molecule has 2 aromatic rings. The molecule has 1 unspecified atom stereocenters. The molecule has 1 spiro atoms. The summed E-state index contributed by atoms with van der Waals surface area (Å²) in [6.45, 7) is 0.347. The molecule has 2 saturated heterocycles. The van der Waals surface area contributed by atoms with Crippen molar-refractivity contribution >= 4 is 23.2 Å². The first kappa shape index (κ1) is 19.3. The van der Waals surface area contributed by atoms with Gasteiger partial charge in [-0.3, -0.25) is 9.59 Å². The van der Waals surface area contributed by atoms with Gasteiger partial charge in [0.25, 0.3) is 0 Å². The maximum Gasteiger partial charge on any atom is 0.230 e. The van der Waals surface area contributed by atoms with Crippen LogP contribution in [-0.4, -0.2) is 35.0 Å². The van der Waals surface area contributed by atoms with E-state index >= 15 is 0 Å². The van der Waals surface area contributed by atoms with Crippen molar-refractivity contribution in [1.82, 2.24) is 10.2 Å². The Hall–Kier alpha value is -2.65. The zero-order valence-electron chi connectivity index (χ0n) is 15.6. The van der Waals surface area contributed by atoms with Gasteiger partial charge < -0.3 is 15.0 Å². The van der Waals surface area contributed by atoms with Crippen molar-refractivity contribution in [3.63, 3.8) is 0 Å². The van der Waals surface area contributed by atoms with E-state index in [0.717, 1.165) is 4.88 Å². The lowest BCUT2D eigenvalue weighted by Gasteiger charge is -2.23. The molecule has 1 aromatic heterocycles. The molecular weight excluding hydrogens is 417 g/mol. The van der Waals surface area contributed by atoms with E-state index in [1.165, 1.54) is 0 Å². The lowest BCUT2D eigenvalue weighted by Crippen LogP contribution is -2.44. The number of carbonyl (C=O) groups excluding carboxylic acids is 2. The minimum atomic E-state index is -1.08. The fourth-order valence-electron chi connectivity index (χ4n) is 4.64. The van der Waals surface area contributed by atoms with E-state index < -0.39 is 59.0 Å². The molecule has 0 saturated carbocycles. The number of amides is 2. The van der Waals surface area contributed by atoms with E-state index in [4.69, 9.17) is 4.74 Å². The summed E-state index contributed by atoms with van der Waals surface area (Å²) in [4.78, 5) is 28.7. The van der Waals surface area contributed by atoms with Crippen LogP contribution in [0.15, 0.2) is 41.8 Å². The molecule has 5 rings (SSSR count). The summed E-state index contributed by atoms with van der Waals surface area (Å²) in [7, 11) is 0. The molecule has 1 aromatic carbocycles. The molecular formula is C21H17F3N2O3S. The van der Waals surface area contributed by atoms with Gasteiger partial charge in [0.15, 0.2) is 0 Å². The predicted molar refractivity (Wildman–Crippen MR) is 102 cm³/mol. The summed E-state index contributed by atoms with van der Waals surface area (Å²) in [5.41, 5.74) is -1.29. The van der Waals surface area contributed by atoms with Gasteiger partial charge >= 0.3 is 0 Å². The molecule has 4 atom stereocenters. The third-order valence-corrected chi connectivity index (χ3v) is 6.81. The van der Waals surface area contributed by atoms with Gasteiger partial charge in [-0.1, -0.05) is 18.2 Å². The molecule has 3 aliphatic rings. The van der Waals surface area contributed by atoms with Gasteiger partial charge in [0.1, 0.15) is 23.1 Å². The minimum Gasteiger partial charge on any atom is -0.360 e. The number of nitrogens with one attached hydrogen (secondary N) is 1. The summed E-state index contributed by atoms with van der Waals surface area (Å²) in [5.74, 6) is -5.35. The van der Waals surface area contributed by atoms with Crippen LogP contribution in [0.4, 0.5) is 13.2 Å². The number of carbonyl (C=O) groups is 2. The number of hydrogen-bond acceptors (Lipinski definition) is 4. The molecule has 3 aliphatic heterocycles. The highest BCUT2D eigenvalue weighted by Crippen LogP contribution is 2.52. The fraction of sp³-hybridized carbons (Fsp3) is 0.333. The van der Waals surface area contributed by atoms with E-state index in [1.807, 2.05) is 23.6 Å². The predicted octanol–water partition coefficient (Wildman–Crippen LogP) is 2.76. The van der Waals surface area contributed by atoms with Crippen LogP contribution in [0.3, 0.4) is 0 Å². The molecule has 2 amide bonds. The van der Waals surface area contributed by atoms with Crippen molar-refractivity contribution < 1.29 is 27.5 Å². The number of ether oxygens (including phenoxy) is 1. The highest BCUT2D eigenvalue weighted by molar-refractivity contribution is 7.09. The number of likely N-dealkylation sites (tertiary alicyclic amines) is 1. The van der Waals surface area contributed by atoms with Crippen LogP contribution in [0.2, 0.25) is 0 Å². The molecule has 2 bridgehead atoms. The number of nitrogens with zero attached hydrogens (tertiary/aromatic N) is 1. The Kier molecular flexibility index (Phi) is 4.48. The Balaban J connectivity index is 1.33. The number of fused-ring (bicyclic) bond motifs is 1. The fourth-order valence-corrected chi connectivity index (χ4v) is 5.36. The topological polar surface area (TPSA) is 58.6 Å². The number of halogens is 3. The lowest BCUT2D eigenvalue weighted by molar-refractivity contribution is -0.137. The summed E-state index contributed by atoms with van der Waals surface area (Å²) in [6, 6.07) is 4.97. The third-order valence-electron chi connectivity index (χ3n) is 5.95. The van der Waals surface area contributed by atoms with Crippen LogP contribution in [-0.2, 0) is 27.4 Å². The summed E-state index contributed by atoms with van der Waals surface area (Å²) in [6.07, 6.45) is 3.05. The first-order valence-corrected chi connectivity index (χ1v) is 10.4. The Morgan fingerprint density at radius 1 is 1.30 bits per heavy atom. The molecule has 1 N–H and O–H groups in total. The van der Waals surface area contributed by atoms with Crippen LogP contribution in [0.25, 0.3) is 0 Å². The van der Waals surface area contributed by atoms with E-state index in [2.05, 4.69) is 5.32 Å². The number of benzene rings is 1. The summed E-state index contributed by atoms with van der Waals surface area (Å²) in [5, 5.41) is 4.42. The van der Waals surface area contributed by atoms with Gasteiger partial charge in [0, 0.05) is 29.1 Å². The van der Waals surface area contributed by atoms with E-state index in [9.17, 15) is 22.8 Å². The average Bonchev–Trinajstić information content (AvgIpc) is 3.44. The monoisotopic (exact) mass is 434 g/mol. The van der Waals surface area contributed by atoms with Crippen molar-refractivity contribution in [2.45, 2.75) is 24.8 Å². The zero-order chi connectivity index (χ0) is 21.0. The van der Waals surface area contributed by atoms with Gasteiger partial charge in [-0.2, -0.15) is 0 Å². The Labute approximate surface area is 174 Å². The van der Waals surface area contributed by atoms with Crippen LogP contribution in [0.1, 0.15) is 10.4 Å². The standard InChI is InChI=1S/C21H17F3N2O3S/c22-11-6-14(23)13(15(24)7-11)8-25-19(27)17-16-3-4-21(29-16)10-26(20(28)18(17)21)9-12-2-1-5-30-12/h1-7,16-18H,8-10H2,(H,25,27)/t16-,17+,18-,21?/m0/s1. The largest absolute Gasteiger partial charge is 0.360 e. The van der Waals surface area contributed by atoms with Crippen LogP contribution >= 0.6 is 11.3 Å². The molecule has 0 radical (unpaired) electrons. The number of hydrogen-bond donors (Lipinski definition) is 1. The quantitative estimate of drug-likeness (QED) is 0.737. The average molecular weight is 434 g/mol. The van der Waals surface area contributed by atoms with Crippen molar-refractivity contribution in [3.8, 4) is 0 Å². The first-order chi connectivity index (χ1) is 14.4. The lowest BCUT2D eigenvalue weighted by atomic mass is 9.77. The molecule has 2 fully saturated rings. The molecule has 156 valence electrons. The van der Waals surface area contributed by atoms with E-state index in [-0.39, 0.29) is 5.91 Å². The number of thiophene rings is 1. The molecule has 9 heteroatoms. The first-order valence-electron chi connectivity index (χ1n) is 9.47. The SMILES string of the molecule is O=C(NCc1c(F)cc(F)cc1F)[C@@H]1[C@@H]2C=CC3(CN(Cc4cccs4)C(=O)[C@H]13)O2. The Bertz CT molecular complexity index is 1030. The second kappa shape index (κ2) is 6.95. The van der Waals surface area contributed by atoms with Crippen LogP contribution in [0, 0.1) is 29.3 Å². The van der Waals surface area contributed by atoms with Crippen molar-refractivity contribution in [2.75, 3.05) is 6.54 Å². The zero-order valence-corrected chi connectivity index (χ0v) is 16.4. The number of rotatable bonds is 5. The molecule has 5 nitrogen and oxygen atoms in total. The summed E-state index contributed by atoms with van der Waals surface area (Å²) >= 11 is 1.54. The van der Waals surface area contributed by atoms with Crippen molar-refractivity contribution in [3.05, 3.63) is 69.7 Å². The van der Waals surface area contributed by atoms with Crippen LogP contribution < -0.4 is 5.32 Å². The highest BCUT2D eigenvalue weighted by Gasteiger charge is 2.66. The third kappa shape index (κ3) is 2.95. The normalized spacial score (nSPS) is 29.0. The molecule has 30 heavy (non-hydrogen) atoms. The highest BCUT2D eigenvalue weighted by atomic mass is 32.1. The maximum absolute atomic E-state index is 13.9. The summed E-state index contributed by atoms with van der Waals surface area (Å²) < 4.78 is 46.8. The van der Waals surface area contributed by atoms with Crippen LogP contribution in [0.5, 0.6) is 0 Å². The van der Waals surface area contributed by atoms with Gasteiger partial charge in [-0.25, -0.2) is 13.2 Å². The van der Waals surface area contributed by atoms with Gasteiger partial charge in [0.05, 0.1) is 31.0 Å². The maximum atomic E-state index is 13.9. The molecule has 4 heterocycles. The van der Waals surface area contributed by atoms with E-state index in [1.54, 1.807) is 22.3 Å². The van der Waals surface area contributed by atoms with E-state index in [0.29, 0.717) is 25.2 Å².